The zero-order chi connectivity index (χ0) is 10.7. The first-order valence-corrected chi connectivity index (χ1v) is 6.23. The molecule has 6 heteroatoms. The van der Waals surface area contributed by atoms with Gasteiger partial charge in [-0.1, -0.05) is 11.8 Å². The Labute approximate surface area is 96.0 Å². The van der Waals surface area contributed by atoms with E-state index in [4.69, 9.17) is 5.73 Å². The molecule has 2 aromatic heterocycles. The van der Waals surface area contributed by atoms with Crippen molar-refractivity contribution >= 4 is 28.9 Å². The molecule has 0 aliphatic rings. The zero-order valence-corrected chi connectivity index (χ0v) is 9.81. The lowest BCUT2D eigenvalue weighted by Crippen LogP contribution is -1.99. The van der Waals surface area contributed by atoms with E-state index in [2.05, 4.69) is 15.0 Å². The molecule has 0 unspecified atom stereocenters. The lowest BCUT2D eigenvalue weighted by atomic mass is 10.4. The van der Waals surface area contributed by atoms with Gasteiger partial charge in [-0.15, -0.1) is 11.3 Å². The first-order chi connectivity index (χ1) is 7.24. The smallest absolute Gasteiger partial charge is 0.150 e. The molecule has 0 atom stereocenters. The van der Waals surface area contributed by atoms with Crippen molar-refractivity contribution in [1.82, 2.24) is 15.0 Å². The minimum atomic E-state index is 0.525. The Kier molecular flexibility index (Phi) is 3.17. The van der Waals surface area contributed by atoms with Crippen molar-refractivity contribution < 1.29 is 0 Å². The number of aryl methyl sites for hydroxylation is 1. The molecule has 0 saturated heterocycles. The summed E-state index contributed by atoms with van der Waals surface area (Å²) in [7, 11) is 0. The van der Waals surface area contributed by atoms with Crippen molar-refractivity contribution in [1.29, 1.82) is 0 Å². The molecule has 0 fully saturated rings. The second-order valence-electron chi connectivity index (χ2n) is 2.94. The Morgan fingerprint density at radius 3 is 3.00 bits per heavy atom. The number of thiazole rings is 1. The van der Waals surface area contributed by atoms with Gasteiger partial charge in [0.25, 0.3) is 0 Å². The fourth-order valence-corrected chi connectivity index (χ4v) is 2.62. The van der Waals surface area contributed by atoms with Crippen molar-refractivity contribution in [3.05, 3.63) is 29.2 Å². The van der Waals surface area contributed by atoms with Gasteiger partial charge in [-0.25, -0.2) is 15.0 Å². The molecule has 2 rings (SSSR count). The number of hydrogen-bond donors (Lipinski definition) is 1. The normalized spacial score (nSPS) is 10.5. The molecular formula is C9H10N4S2. The van der Waals surface area contributed by atoms with E-state index in [-0.39, 0.29) is 0 Å². The minimum Gasteiger partial charge on any atom is -0.384 e. The molecule has 2 N–H and O–H groups in total. The van der Waals surface area contributed by atoms with Crippen LogP contribution in [-0.2, 0) is 5.75 Å². The van der Waals surface area contributed by atoms with Gasteiger partial charge >= 0.3 is 0 Å². The Hall–Kier alpha value is -1.14. The number of aromatic nitrogens is 3. The monoisotopic (exact) mass is 238 g/mol. The molecule has 0 aromatic carbocycles. The zero-order valence-electron chi connectivity index (χ0n) is 8.17. The molecule has 2 heterocycles. The van der Waals surface area contributed by atoms with Crippen LogP contribution in [0.1, 0.15) is 11.5 Å². The maximum absolute atomic E-state index is 5.63. The van der Waals surface area contributed by atoms with Gasteiger partial charge in [0.1, 0.15) is 16.0 Å². The summed E-state index contributed by atoms with van der Waals surface area (Å²) in [6, 6.07) is 1.76. The van der Waals surface area contributed by atoms with Crippen LogP contribution >= 0.6 is 23.1 Å². The van der Waals surface area contributed by atoms with Gasteiger partial charge in [-0.2, -0.15) is 0 Å². The summed E-state index contributed by atoms with van der Waals surface area (Å²) in [4.78, 5) is 12.6. The molecule has 0 radical (unpaired) electrons. The highest BCUT2D eigenvalue weighted by Crippen LogP contribution is 2.23. The van der Waals surface area contributed by atoms with Crippen molar-refractivity contribution in [3.63, 3.8) is 0 Å². The Morgan fingerprint density at radius 1 is 1.47 bits per heavy atom. The van der Waals surface area contributed by atoms with Crippen LogP contribution in [0, 0.1) is 6.92 Å². The van der Waals surface area contributed by atoms with E-state index in [1.54, 1.807) is 35.4 Å². The topological polar surface area (TPSA) is 64.7 Å². The van der Waals surface area contributed by atoms with Crippen LogP contribution in [0.2, 0.25) is 0 Å². The molecule has 0 aliphatic heterocycles. The Balaban J connectivity index is 2.05. The molecule has 0 bridgehead atoms. The van der Waals surface area contributed by atoms with Crippen molar-refractivity contribution in [2.75, 3.05) is 5.73 Å². The van der Waals surface area contributed by atoms with Gasteiger partial charge in [-0.05, 0) is 6.92 Å². The van der Waals surface area contributed by atoms with Crippen LogP contribution in [0.25, 0.3) is 0 Å². The second kappa shape index (κ2) is 4.59. The van der Waals surface area contributed by atoms with Crippen LogP contribution < -0.4 is 5.73 Å². The van der Waals surface area contributed by atoms with Gasteiger partial charge in [-0.3, -0.25) is 0 Å². The van der Waals surface area contributed by atoms with Gasteiger partial charge in [0.2, 0.25) is 0 Å². The maximum Gasteiger partial charge on any atom is 0.150 e. The number of rotatable bonds is 3. The van der Waals surface area contributed by atoms with Crippen molar-refractivity contribution in [2.45, 2.75) is 17.0 Å². The summed E-state index contributed by atoms with van der Waals surface area (Å²) in [6.07, 6.45) is 1.79. The number of nitrogens with zero attached hydrogens (tertiary/aromatic N) is 3. The van der Waals surface area contributed by atoms with Crippen molar-refractivity contribution in [3.8, 4) is 0 Å². The molecule has 0 aliphatic carbocycles. The second-order valence-corrected chi connectivity index (χ2v) is 5.05. The summed E-state index contributed by atoms with van der Waals surface area (Å²) < 4.78 is 1.03. The minimum absolute atomic E-state index is 0.525. The third kappa shape index (κ3) is 2.90. The summed E-state index contributed by atoms with van der Waals surface area (Å²) >= 11 is 3.24. The van der Waals surface area contributed by atoms with Gasteiger partial charge < -0.3 is 5.73 Å². The third-order valence-corrected chi connectivity index (χ3v) is 3.62. The van der Waals surface area contributed by atoms with E-state index >= 15 is 0 Å². The van der Waals surface area contributed by atoms with Crippen LogP contribution in [0.5, 0.6) is 0 Å². The van der Waals surface area contributed by atoms with E-state index in [1.165, 1.54) is 0 Å². The summed E-state index contributed by atoms with van der Waals surface area (Å²) in [5.41, 5.74) is 6.54. The molecule has 4 nitrogen and oxygen atoms in total. The summed E-state index contributed by atoms with van der Waals surface area (Å²) in [5.74, 6) is 1.99. The molecule has 15 heavy (non-hydrogen) atoms. The highest BCUT2D eigenvalue weighted by atomic mass is 32.2. The first-order valence-electron chi connectivity index (χ1n) is 4.36. The summed E-state index contributed by atoms with van der Waals surface area (Å²) in [6.45, 7) is 1.91. The fourth-order valence-electron chi connectivity index (χ4n) is 1.13. The van der Waals surface area contributed by atoms with Crippen LogP contribution in [0.15, 0.2) is 22.0 Å². The highest BCUT2D eigenvalue weighted by Gasteiger charge is 2.02. The Morgan fingerprint density at radius 2 is 2.33 bits per heavy atom. The lowest BCUT2D eigenvalue weighted by molar-refractivity contribution is 1.00. The molecule has 2 aromatic rings. The van der Waals surface area contributed by atoms with Gasteiger partial charge in [0, 0.05) is 23.3 Å². The predicted octanol–water partition coefficient (Wildman–Crippen LogP) is 2.12. The SMILES string of the molecule is Cc1cc(N)nc(CSc2nccs2)n1. The van der Waals surface area contributed by atoms with Gasteiger partial charge in [0.15, 0.2) is 0 Å². The Bertz CT molecular complexity index is 421. The van der Waals surface area contributed by atoms with E-state index in [0.29, 0.717) is 11.6 Å². The van der Waals surface area contributed by atoms with E-state index in [1.807, 2.05) is 12.3 Å². The number of anilines is 1. The van der Waals surface area contributed by atoms with Crippen LogP contribution in [0.3, 0.4) is 0 Å². The predicted molar refractivity (Wildman–Crippen MR) is 62.9 cm³/mol. The van der Waals surface area contributed by atoms with Crippen molar-refractivity contribution in [2.24, 2.45) is 0 Å². The fraction of sp³-hybridized carbons (Fsp3) is 0.222. The first kappa shape index (κ1) is 10.4. The van der Waals surface area contributed by atoms with E-state index in [0.717, 1.165) is 15.9 Å². The third-order valence-electron chi connectivity index (χ3n) is 1.65. The standard InChI is InChI=1S/C9H10N4S2/c1-6-4-7(10)13-8(12-6)5-15-9-11-2-3-14-9/h2-4H,5H2,1H3,(H2,10,12,13). The number of nitrogen functional groups attached to an aromatic ring is 1. The molecule has 0 amide bonds. The number of hydrogen-bond acceptors (Lipinski definition) is 6. The number of nitrogens with two attached hydrogens (primary N) is 1. The van der Waals surface area contributed by atoms with E-state index in [9.17, 15) is 0 Å². The number of thioether (sulfide) groups is 1. The molecular weight excluding hydrogens is 228 g/mol. The largest absolute Gasteiger partial charge is 0.384 e. The van der Waals surface area contributed by atoms with Crippen LogP contribution in [0.4, 0.5) is 5.82 Å². The van der Waals surface area contributed by atoms with E-state index < -0.39 is 0 Å². The molecule has 0 saturated carbocycles. The molecule has 0 spiro atoms. The lowest BCUT2D eigenvalue weighted by Gasteiger charge is -2.01. The maximum atomic E-state index is 5.63. The van der Waals surface area contributed by atoms with Crippen LogP contribution in [-0.4, -0.2) is 15.0 Å². The average molecular weight is 238 g/mol. The average Bonchev–Trinajstić information content (AvgIpc) is 2.65. The molecule has 78 valence electrons. The van der Waals surface area contributed by atoms with Gasteiger partial charge in [0.05, 0.1) is 5.75 Å². The summed E-state index contributed by atoms with van der Waals surface area (Å²) in [5, 5.41) is 1.95. The highest BCUT2D eigenvalue weighted by molar-refractivity contribution is 8.00. The quantitative estimate of drug-likeness (QED) is 0.830.